The highest BCUT2D eigenvalue weighted by Gasteiger charge is 2.38. The first-order valence-corrected chi connectivity index (χ1v) is 11.2. The Morgan fingerprint density at radius 3 is 2.21 bits per heavy atom. The molecule has 0 saturated heterocycles. The van der Waals surface area contributed by atoms with Crippen molar-refractivity contribution in [1.29, 1.82) is 0 Å². The highest BCUT2D eigenvalue weighted by atomic mass is 16.5. The summed E-state index contributed by atoms with van der Waals surface area (Å²) in [5.41, 5.74) is 3.04. The number of fused-ring (bicyclic) bond motifs is 3. The number of nitrogens with one attached hydrogen (secondary N) is 2. The summed E-state index contributed by atoms with van der Waals surface area (Å²) in [4.78, 5) is 36.9. The number of rotatable bonds is 8. The number of carbonyl (C=O) groups is 3. The minimum atomic E-state index is -1.40. The zero-order valence-corrected chi connectivity index (χ0v) is 19.1. The van der Waals surface area contributed by atoms with Crippen LogP contribution in [-0.4, -0.2) is 55.0 Å². The molecule has 178 valence electrons. The van der Waals surface area contributed by atoms with Gasteiger partial charge in [0.2, 0.25) is 5.91 Å². The minimum absolute atomic E-state index is 0.0815. The number of hydrogen-bond donors (Lipinski definition) is 3. The number of alkyl carbamates (subject to hydrolysis) is 1. The Hall–Kier alpha value is -3.65. The van der Waals surface area contributed by atoms with Gasteiger partial charge in [0.1, 0.15) is 12.1 Å². The first-order chi connectivity index (χ1) is 16.3. The number of carboxylic acids is 1. The largest absolute Gasteiger partial charge is 0.481 e. The normalized spacial score (nSPS) is 20.2. The fourth-order valence-corrected chi connectivity index (χ4v) is 4.62. The standard InChI is InChI=1S/C26H28N2O6/c1-26(15-33-2,24(31)27-17-12-11-16(13-17)23(29)30)28-25(32)34-14-22-20-9-5-3-7-18(20)19-8-4-6-10-21(19)22/h3-12,16-17,22H,13-15H2,1-2H3,(H,27,31)(H,28,32)(H,29,30). The van der Waals surface area contributed by atoms with Crippen LogP contribution in [-0.2, 0) is 19.1 Å². The van der Waals surface area contributed by atoms with Gasteiger partial charge in [-0.2, -0.15) is 0 Å². The molecule has 8 nitrogen and oxygen atoms in total. The summed E-state index contributed by atoms with van der Waals surface area (Å²) in [6.45, 7) is 1.58. The van der Waals surface area contributed by atoms with E-state index in [2.05, 4.69) is 22.8 Å². The fourth-order valence-electron chi connectivity index (χ4n) is 4.62. The summed E-state index contributed by atoms with van der Waals surface area (Å²) < 4.78 is 10.8. The topological polar surface area (TPSA) is 114 Å². The molecule has 2 aromatic rings. The van der Waals surface area contributed by atoms with E-state index in [9.17, 15) is 14.4 Å². The molecule has 0 saturated carbocycles. The van der Waals surface area contributed by atoms with E-state index >= 15 is 0 Å². The van der Waals surface area contributed by atoms with Crippen molar-refractivity contribution in [3.8, 4) is 11.1 Å². The van der Waals surface area contributed by atoms with E-state index in [0.717, 1.165) is 22.3 Å². The van der Waals surface area contributed by atoms with Gasteiger partial charge in [0.05, 0.1) is 12.5 Å². The van der Waals surface area contributed by atoms with Crippen LogP contribution in [0.15, 0.2) is 60.7 Å². The minimum Gasteiger partial charge on any atom is -0.481 e. The number of benzene rings is 2. The Bertz CT molecular complexity index is 1080. The summed E-state index contributed by atoms with van der Waals surface area (Å²) in [6, 6.07) is 15.6. The molecule has 0 radical (unpaired) electrons. The molecule has 2 aliphatic carbocycles. The Morgan fingerprint density at radius 1 is 1.03 bits per heavy atom. The van der Waals surface area contributed by atoms with Crippen LogP contribution in [0, 0.1) is 5.92 Å². The molecule has 2 aromatic carbocycles. The molecule has 0 aromatic heterocycles. The molecule has 34 heavy (non-hydrogen) atoms. The van der Waals surface area contributed by atoms with Crippen molar-refractivity contribution in [2.24, 2.45) is 5.92 Å². The van der Waals surface area contributed by atoms with Crippen LogP contribution in [0.3, 0.4) is 0 Å². The first-order valence-electron chi connectivity index (χ1n) is 11.2. The average Bonchev–Trinajstić information content (AvgIpc) is 3.41. The van der Waals surface area contributed by atoms with Crippen molar-refractivity contribution in [2.45, 2.75) is 30.8 Å². The maximum atomic E-state index is 13.0. The molecule has 3 atom stereocenters. The molecule has 2 aliphatic rings. The summed E-state index contributed by atoms with van der Waals surface area (Å²) in [5.74, 6) is -2.17. The molecule has 0 fully saturated rings. The van der Waals surface area contributed by atoms with Gasteiger partial charge in [-0.3, -0.25) is 9.59 Å². The van der Waals surface area contributed by atoms with Gasteiger partial charge in [-0.1, -0.05) is 60.7 Å². The lowest BCUT2D eigenvalue weighted by Gasteiger charge is -2.30. The van der Waals surface area contributed by atoms with Crippen molar-refractivity contribution in [1.82, 2.24) is 10.6 Å². The first kappa shape index (κ1) is 23.5. The zero-order chi connectivity index (χ0) is 24.3. The lowest BCUT2D eigenvalue weighted by molar-refractivity contribution is -0.140. The lowest BCUT2D eigenvalue weighted by atomic mass is 9.98. The molecular formula is C26H28N2O6. The molecule has 2 amide bonds. The Kier molecular flexibility index (Phi) is 6.70. The third-order valence-electron chi connectivity index (χ3n) is 6.37. The zero-order valence-electron chi connectivity index (χ0n) is 19.1. The van der Waals surface area contributed by atoms with Crippen molar-refractivity contribution < 1.29 is 29.0 Å². The van der Waals surface area contributed by atoms with Gasteiger partial charge in [0.25, 0.3) is 0 Å². The SMILES string of the molecule is COCC(C)(NC(=O)OCC1c2ccccc2-c2ccccc21)C(=O)NC1C=CC(C(=O)O)C1. The van der Waals surface area contributed by atoms with E-state index in [1.54, 1.807) is 19.1 Å². The quantitative estimate of drug-likeness (QED) is 0.518. The van der Waals surface area contributed by atoms with Crippen LogP contribution in [0.2, 0.25) is 0 Å². The predicted molar refractivity (Wildman–Crippen MR) is 125 cm³/mol. The monoisotopic (exact) mass is 464 g/mol. The molecule has 4 rings (SSSR count). The highest BCUT2D eigenvalue weighted by Crippen LogP contribution is 2.44. The number of carboxylic acid groups (broad SMARTS) is 1. The van der Waals surface area contributed by atoms with Gasteiger partial charge in [-0.05, 0) is 35.6 Å². The van der Waals surface area contributed by atoms with E-state index < -0.39 is 35.5 Å². The second kappa shape index (κ2) is 9.69. The van der Waals surface area contributed by atoms with Gasteiger partial charge in [0, 0.05) is 19.1 Å². The molecular weight excluding hydrogens is 436 g/mol. The van der Waals surface area contributed by atoms with Crippen molar-refractivity contribution >= 4 is 18.0 Å². The maximum Gasteiger partial charge on any atom is 0.408 e. The summed E-state index contributed by atoms with van der Waals surface area (Å²) in [7, 11) is 1.43. The summed E-state index contributed by atoms with van der Waals surface area (Å²) >= 11 is 0. The van der Waals surface area contributed by atoms with Crippen LogP contribution >= 0.6 is 0 Å². The molecule has 0 heterocycles. The van der Waals surface area contributed by atoms with Crippen molar-refractivity contribution in [2.75, 3.05) is 20.3 Å². The Morgan fingerprint density at radius 2 is 1.65 bits per heavy atom. The average molecular weight is 465 g/mol. The Labute approximate surface area is 198 Å². The molecule has 8 heteroatoms. The van der Waals surface area contributed by atoms with Crippen molar-refractivity contribution in [3.63, 3.8) is 0 Å². The van der Waals surface area contributed by atoms with Gasteiger partial charge in [-0.25, -0.2) is 4.79 Å². The predicted octanol–water partition coefficient (Wildman–Crippen LogP) is 3.08. The fraction of sp³-hybridized carbons (Fsp3) is 0.346. The molecule has 3 unspecified atom stereocenters. The van der Waals surface area contributed by atoms with Crippen LogP contribution in [0.5, 0.6) is 0 Å². The Balaban J connectivity index is 1.40. The van der Waals surface area contributed by atoms with E-state index in [0.29, 0.717) is 0 Å². The van der Waals surface area contributed by atoms with Crippen molar-refractivity contribution in [3.05, 3.63) is 71.8 Å². The highest BCUT2D eigenvalue weighted by molar-refractivity contribution is 5.90. The second-order valence-electron chi connectivity index (χ2n) is 8.86. The summed E-state index contributed by atoms with van der Waals surface area (Å²) in [5, 5.41) is 14.6. The lowest BCUT2D eigenvalue weighted by Crippen LogP contribution is -2.60. The van der Waals surface area contributed by atoms with Crippen LogP contribution in [0.4, 0.5) is 4.79 Å². The molecule has 3 N–H and O–H groups in total. The van der Waals surface area contributed by atoms with Crippen LogP contribution < -0.4 is 10.6 Å². The van der Waals surface area contributed by atoms with Crippen LogP contribution in [0.25, 0.3) is 11.1 Å². The molecule has 0 spiro atoms. The van der Waals surface area contributed by atoms with E-state index in [-0.39, 0.29) is 25.6 Å². The molecule has 0 aliphatic heterocycles. The summed E-state index contributed by atoms with van der Waals surface area (Å²) in [6.07, 6.45) is 2.73. The van der Waals surface area contributed by atoms with Gasteiger partial charge < -0.3 is 25.2 Å². The maximum absolute atomic E-state index is 13.0. The third kappa shape index (κ3) is 4.68. The number of ether oxygens (including phenoxy) is 2. The number of methoxy groups -OCH3 is 1. The van der Waals surface area contributed by atoms with Gasteiger partial charge >= 0.3 is 12.1 Å². The number of carbonyl (C=O) groups excluding carboxylic acids is 2. The number of hydrogen-bond acceptors (Lipinski definition) is 5. The smallest absolute Gasteiger partial charge is 0.408 e. The van der Waals surface area contributed by atoms with Crippen LogP contribution in [0.1, 0.15) is 30.4 Å². The number of amides is 2. The molecule has 0 bridgehead atoms. The van der Waals surface area contributed by atoms with E-state index in [1.165, 1.54) is 7.11 Å². The second-order valence-corrected chi connectivity index (χ2v) is 8.86. The van der Waals surface area contributed by atoms with E-state index in [4.69, 9.17) is 14.6 Å². The number of aliphatic carboxylic acids is 1. The van der Waals surface area contributed by atoms with Gasteiger partial charge in [0.15, 0.2) is 0 Å². The third-order valence-corrected chi connectivity index (χ3v) is 6.37. The van der Waals surface area contributed by atoms with Gasteiger partial charge in [-0.15, -0.1) is 0 Å². The van der Waals surface area contributed by atoms with E-state index in [1.807, 2.05) is 36.4 Å².